The van der Waals surface area contributed by atoms with Crippen LogP contribution in [-0.2, 0) is 10.8 Å². The van der Waals surface area contributed by atoms with Gasteiger partial charge in [-0.25, -0.2) is 0 Å². The van der Waals surface area contributed by atoms with Crippen LogP contribution in [-0.4, -0.2) is 62.9 Å². The molecule has 6 rings (SSSR count). The van der Waals surface area contributed by atoms with E-state index in [1.807, 2.05) is 10.6 Å². The first kappa shape index (κ1) is 50.3. The number of nitrogen functional groups attached to an aromatic ring is 1. The van der Waals surface area contributed by atoms with Crippen molar-refractivity contribution in [2.45, 2.75) is 42.5 Å². The third-order valence-electron chi connectivity index (χ3n) is 10.9. The minimum atomic E-state index is -6.27. The molecule has 9 N–H and O–H groups in total. The molecule has 0 heterocycles. The number of rotatable bonds is 10. The maximum Gasteiger partial charge on any atom is 0.411 e. The van der Waals surface area contributed by atoms with Gasteiger partial charge in [-0.15, -0.1) is 0 Å². The Kier molecular flexibility index (Phi) is 13.0. The zero-order chi connectivity index (χ0) is 51.2. The van der Waals surface area contributed by atoms with E-state index in [1.54, 1.807) is 6.92 Å². The zero-order valence-corrected chi connectivity index (χ0v) is 34.7. The average molecular weight is 981 g/mol. The lowest BCUT2D eigenvalue weighted by atomic mass is 9.72. The minimum absolute atomic E-state index is 0.0721. The van der Waals surface area contributed by atoms with Crippen LogP contribution in [0.2, 0.25) is 0 Å². The molecular formula is C46H32F12N4O7. The molecule has 0 bridgehead atoms. The van der Waals surface area contributed by atoms with Crippen LogP contribution in [0.3, 0.4) is 0 Å². The first-order chi connectivity index (χ1) is 31.9. The molecular weight excluding hydrogens is 949 g/mol. The van der Waals surface area contributed by atoms with Crippen LogP contribution in [0.5, 0.6) is 23.0 Å². The van der Waals surface area contributed by atoms with E-state index in [9.17, 15) is 61.2 Å². The van der Waals surface area contributed by atoms with Crippen molar-refractivity contribution in [1.82, 2.24) is 0 Å². The largest absolute Gasteiger partial charge is 0.506 e. The fourth-order valence-corrected chi connectivity index (χ4v) is 7.45. The smallest absolute Gasteiger partial charge is 0.411 e. The molecule has 362 valence electrons. The van der Waals surface area contributed by atoms with E-state index in [1.165, 1.54) is 24.3 Å². The molecule has 0 aliphatic rings. The van der Waals surface area contributed by atoms with Crippen LogP contribution in [0.15, 0.2) is 121 Å². The molecule has 0 spiro atoms. The number of alkyl halides is 12. The maximum atomic E-state index is 15.2. The van der Waals surface area contributed by atoms with Crippen molar-refractivity contribution in [3.05, 3.63) is 166 Å². The number of carbonyl (C=O) groups is 3. The van der Waals surface area contributed by atoms with Crippen LogP contribution >= 0.6 is 0 Å². The van der Waals surface area contributed by atoms with Crippen molar-refractivity contribution in [1.29, 1.82) is 0 Å². The number of hydrogen-bond donors (Lipinski definition) is 8. The van der Waals surface area contributed by atoms with Gasteiger partial charge in [0.25, 0.3) is 17.7 Å². The fourth-order valence-electron chi connectivity index (χ4n) is 7.45. The lowest BCUT2D eigenvalue weighted by Gasteiger charge is -2.38. The van der Waals surface area contributed by atoms with Crippen LogP contribution in [0, 0.1) is 6.92 Å². The number of amides is 3. The van der Waals surface area contributed by atoms with E-state index < -0.39 is 132 Å². The number of nitrogens with one attached hydrogen (secondary N) is 3. The van der Waals surface area contributed by atoms with Gasteiger partial charge in [0.15, 0.2) is 0 Å². The van der Waals surface area contributed by atoms with Gasteiger partial charge < -0.3 is 42.1 Å². The Morgan fingerprint density at radius 1 is 0.406 bits per heavy atom. The highest BCUT2D eigenvalue weighted by molar-refractivity contribution is 6.09. The monoisotopic (exact) mass is 980 g/mol. The number of phenolic OH excluding ortho intramolecular Hbond substituents is 4. The van der Waals surface area contributed by atoms with Gasteiger partial charge in [-0.1, -0.05) is 48.0 Å². The van der Waals surface area contributed by atoms with Crippen LogP contribution < -0.4 is 21.7 Å². The molecule has 0 unspecified atom stereocenters. The molecule has 0 aliphatic heterocycles. The standard InChI is InChI=1S/C46H32F12N4O7/c1-22-5-7-23(8-6-22)38(67)60-31-20-28(11-15-35(31)64)42(45(53,54)55,46(56,57)58)29-12-16-37(66)33(21-29)62-40(69)25-4-2-3-24(17-25)39(68)61-32-19-27(10-14-36(32)65)41(43(47,48)49,44(50,51)52)26-9-13-34(63)30(59)18-26/h2-21,63-66H,59H2,1H3,(H,60,67)(H,61,68)(H,62,69). The molecule has 0 radical (unpaired) electrons. The fraction of sp³-hybridized carbons (Fsp3) is 0.152. The molecule has 0 fully saturated rings. The number of halogens is 12. The summed E-state index contributed by atoms with van der Waals surface area (Å²) in [6.45, 7) is 1.68. The minimum Gasteiger partial charge on any atom is -0.506 e. The number of aromatic hydroxyl groups is 4. The lowest BCUT2D eigenvalue weighted by Crippen LogP contribution is -2.54. The summed E-state index contributed by atoms with van der Waals surface area (Å²) < 4.78 is 180. The summed E-state index contributed by atoms with van der Waals surface area (Å²) in [5.74, 6) is -7.68. The molecule has 0 saturated heterocycles. The molecule has 69 heavy (non-hydrogen) atoms. The Morgan fingerprint density at radius 3 is 1.03 bits per heavy atom. The third kappa shape index (κ3) is 9.18. The summed E-state index contributed by atoms with van der Waals surface area (Å²) in [5, 5.41) is 47.1. The number of nitrogens with two attached hydrogens (primary N) is 1. The highest BCUT2D eigenvalue weighted by atomic mass is 19.4. The summed E-state index contributed by atoms with van der Waals surface area (Å²) in [5.41, 5.74) is -15.1. The number of carbonyl (C=O) groups excluding carboxylic acids is 3. The van der Waals surface area contributed by atoms with E-state index in [0.29, 0.717) is 42.0 Å². The van der Waals surface area contributed by atoms with Crippen molar-refractivity contribution >= 4 is 40.5 Å². The molecule has 23 heteroatoms. The van der Waals surface area contributed by atoms with Gasteiger partial charge in [-0.3, -0.25) is 14.4 Å². The maximum absolute atomic E-state index is 15.2. The van der Waals surface area contributed by atoms with Crippen molar-refractivity contribution < 1.29 is 87.5 Å². The van der Waals surface area contributed by atoms with Crippen molar-refractivity contribution in [2.24, 2.45) is 0 Å². The zero-order valence-electron chi connectivity index (χ0n) is 34.7. The molecule has 0 aliphatic carbocycles. The van der Waals surface area contributed by atoms with Gasteiger partial charge in [-0.2, -0.15) is 52.7 Å². The molecule has 6 aromatic carbocycles. The SMILES string of the molecule is Cc1ccc(C(=O)Nc2cc(C(c3ccc(O)c(NC(=O)c4cccc(C(=O)Nc5cc(C(c6ccc(O)c(N)c6)(C(F)(F)F)C(F)(F)F)ccc5O)c4)c3)(C(F)(F)F)C(F)(F)F)ccc2O)cc1. The van der Waals surface area contributed by atoms with Crippen molar-refractivity contribution in [3.63, 3.8) is 0 Å². The van der Waals surface area contributed by atoms with Crippen molar-refractivity contribution in [3.8, 4) is 23.0 Å². The normalized spacial score (nSPS) is 12.6. The van der Waals surface area contributed by atoms with Crippen LogP contribution in [0.4, 0.5) is 75.4 Å². The Morgan fingerprint density at radius 2 is 0.710 bits per heavy atom. The number of phenols is 4. The first-order valence-corrected chi connectivity index (χ1v) is 19.4. The van der Waals surface area contributed by atoms with Crippen LogP contribution in [0.25, 0.3) is 0 Å². The highest BCUT2D eigenvalue weighted by Crippen LogP contribution is 2.59. The summed E-state index contributed by atoms with van der Waals surface area (Å²) in [7, 11) is 0. The Hall–Kier alpha value is -8.11. The van der Waals surface area contributed by atoms with Gasteiger partial charge in [0, 0.05) is 16.7 Å². The van der Waals surface area contributed by atoms with Gasteiger partial charge in [-0.05, 0) is 108 Å². The molecule has 11 nitrogen and oxygen atoms in total. The van der Waals surface area contributed by atoms with Gasteiger partial charge in [0.1, 0.15) is 23.0 Å². The number of hydrogen-bond acceptors (Lipinski definition) is 8. The molecule has 0 saturated carbocycles. The van der Waals surface area contributed by atoms with E-state index in [4.69, 9.17) is 5.73 Å². The van der Waals surface area contributed by atoms with E-state index in [2.05, 4.69) is 5.32 Å². The van der Waals surface area contributed by atoms with E-state index in [0.717, 1.165) is 24.3 Å². The predicted octanol–water partition coefficient (Wildman–Crippen LogP) is 11.0. The second-order valence-electron chi connectivity index (χ2n) is 15.3. The van der Waals surface area contributed by atoms with Crippen molar-refractivity contribution in [2.75, 3.05) is 21.7 Å². The number of benzene rings is 6. The Labute approximate surface area is 380 Å². The quantitative estimate of drug-likeness (QED) is 0.0377. The van der Waals surface area contributed by atoms with Gasteiger partial charge in [0.05, 0.1) is 22.7 Å². The molecule has 0 atom stereocenters. The second-order valence-corrected chi connectivity index (χ2v) is 15.3. The molecule has 6 aromatic rings. The van der Waals surface area contributed by atoms with Crippen LogP contribution in [0.1, 0.15) is 58.9 Å². The third-order valence-corrected chi connectivity index (χ3v) is 10.9. The number of aryl methyl sites for hydroxylation is 1. The highest BCUT2D eigenvalue weighted by Gasteiger charge is 2.74. The van der Waals surface area contributed by atoms with E-state index >= 15 is 26.3 Å². The molecule has 3 amide bonds. The number of anilines is 4. The van der Waals surface area contributed by atoms with Gasteiger partial charge in [0.2, 0.25) is 10.8 Å². The Balaban J connectivity index is 1.34. The summed E-state index contributed by atoms with van der Waals surface area (Å²) >= 11 is 0. The predicted molar refractivity (Wildman–Crippen MR) is 224 cm³/mol. The summed E-state index contributed by atoms with van der Waals surface area (Å²) in [6, 6.07) is 12.9. The van der Waals surface area contributed by atoms with E-state index in [-0.39, 0.29) is 42.0 Å². The summed E-state index contributed by atoms with van der Waals surface area (Å²) in [6.07, 6.45) is -24.9. The topological polar surface area (TPSA) is 194 Å². The lowest BCUT2D eigenvalue weighted by molar-refractivity contribution is -0.290. The summed E-state index contributed by atoms with van der Waals surface area (Å²) in [4.78, 5) is 39.7. The average Bonchev–Trinajstić information content (AvgIpc) is 3.24. The molecule has 0 aromatic heterocycles. The first-order valence-electron chi connectivity index (χ1n) is 19.4. The second kappa shape index (κ2) is 17.8. The Bertz CT molecular complexity index is 2940. The van der Waals surface area contributed by atoms with Gasteiger partial charge >= 0.3 is 24.7 Å².